The van der Waals surface area contributed by atoms with Gasteiger partial charge in [0.2, 0.25) is 0 Å². The van der Waals surface area contributed by atoms with E-state index in [0.29, 0.717) is 13.2 Å². The van der Waals surface area contributed by atoms with Gasteiger partial charge in [0.1, 0.15) is 17.0 Å². The number of rotatable bonds is 0. The molecule has 0 aromatic carbocycles. The summed E-state index contributed by atoms with van der Waals surface area (Å²) in [6.07, 6.45) is 0. The lowest BCUT2D eigenvalue weighted by Crippen LogP contribution is -2.14. The number of hydrogen-bond acceptors (Lipinski definition) is 3. The topological polar surface area (TPSA) is 18.5 Å². The van der Waals surface area contributed by atoms with E-state index in [4.69, 9.17) is 9.47 Å². The molecule has 1 aromatic heterocycles. The lowest BCUT2D eigenvalue weighted by Gasteiger charge is -2.14. The van der Waals surface area contributed by atoms with Gasteiger partial charge in [-0.1, -0.05) is 0 Å². The fourth-order valence-electron chi connectivity index (χ4n) is 0.778. The third-order valence-corrected chi connectivity index (χ3v) is 2.69. The van der Waals surface area contributed by atoms with Crippen molar-refractivity contribution >= 4 is 27.3 Å². The molecule has 0 saturated carbocycles. The maximum atomic E-state index is 5.30. The maximum Gasteiger partial charge on any atom is 0.187 e. The normalized spacial score (nSPS) is 15.3. The highest BCUT2D eigenvalue weighted by Crippen LogP contribution is 2.41. The van der Waals surface area contributed by atoms with Crippen molar-refractivity contribution in [2.75, 3.05) is 13.2 Å². The Kier molecular flexibility index (Phi) is 1.58. The molecule has 0 saturated heterocycles. The van der Waals surface area contributed by atoms with E-state index in [0.717, 1.165) is 15.3 Å². The first-order valence-electron chi connectivity index (χ1n) is 2.83. The fourth-order valence-corrected chi connectivity index (χ4v) is 1.89. The first-order valence-corrected chi connectivity index (χ1v) is 4.44. The van der Waals surface area contributed by atoms with Crippen LogP contribution in [0.15, 0.2) is 3.79 Å². The molecule has 0 aliphatic carbocycles. The molecule has 1 aliphatic rings. The van der Waals surface area contributed by atoms with Gasteiger partial charge in [-0.05, 0) is 15.9 Å². The smallest absolute Gasteiger partial charge is 0.187 e. The predicted octanol–water partition coefficient (Wildman–Crippen LogP) is 2.08. The minimum Gasteiger partial charge on any atom is -0.485 e. The van der Waals surface area contributed by atoms with Gasteiger partial charge in [-0.2, -0.15) is 0 Å². The second-order valence-electron chi connectivity index (χ2n) is 1.83. The molecule has 0 amide bonds. The molecular weight excluding hydrogens is 216 g/mol. The van der Waals surface area contributed by atoms with E-state index >= 15 is 0 Å². The van der Waals surface area contributed by atoms with Crippen molar-refractivity contribution < 1.29 is 9.47 Å². The lowest BCUT2D eigenvalue weighted by atomic mass is 10.5. The molecule has 4 heteroatoms. The predicted molar refractivity (Wildman–Crippen MR) is 41.8 cm³/mol. The monoisotopic (exact) mass is 219 g/mol. The average molecular weight is 220 g/mol. The summed E-state index contributed by atoms with van der Waals surface area (Å²) in [5.74, 6) is 1.54. The Hall–Kier alpha value is -0.220. The average Bonchev–Trinajstić information content (AvgIpc) is 2.34. The third-order valence-electron chi connectivity index (χ3n) is 1.19. The van der Waals surface area contributed by atoms with Gasteiger partial charge in [0.15, 0.2) is 11.5 Å². The third kappa shape index (κ3) is 0.914. The highest BCUT2D eigenvalue weighted by molar-refractivity contribution is 9.11. The molecule has 1 aromatic rings. The van der Waals surface area contributed by atoms with Gasteiger partial charge in [-0.15, -0.1) is 11.3 Å². The van der Waals surface area contributed by atoms with Crippen LogP contribution in [-0.2, 0) is 0 Å². The number of ether oxygens (including phenoxy) is 2. The van der Waals surface area contributed by atoms with Crippen molar-refractivity contribution in [1.29, 1.82) is 0 Å². The maximum absolute atomic E-state index is 5.30. The Morgan fingerprint density at radius 1 is 1.40 bits per heavy atom. The molecular formula is C6H4BrO2S. The van der Waals surface area contributed by atoms with E-state index in [1.165, 1.54) is 11.3 Å². The molecule has 2 heterocycles. The molecule has 1 aliphatic heterocycles. The molecule has 10 heavy (non-hydrogen) atoms. The van der Waals surface area contributed by atoms with Crippen molar-refractivity contribution in [3.63, 3.8) is 0 Å². The zero-order chi connectivity index (χ0) is 6.97. The zero-order valence-corrected chi connectivity index (χ0v) is 7.42. The van der Waals surface area contributed by atoms with Crippen LogP contribution in [0.4, 0.5) is 0 Å². The second-order valence-corrected chi connectivity index (χ2v) is 3.97. The summed E-state index contributed by atoms with van der Waals surface area (Å²) in [6, 6.07) is 0. The van der Waals surface area contributed by atoms with Gasteiger partial charge in [-0.3, -0.25) is 0 Å². The molecule has 0 spiro atoms. The van der Waals surface area contributed by atoms with Crippen molar-refractivity contribution in [2.24, 2.45) is 0 Å². The van der Waals surface area contributed by atoms with Crippen LogP contribution in [0.3, 0.4) is 0 Å². The molecule has 2 rings (SSSR count). The Bertz CT molecular complexity index is 246. The van der Waals surface area contributed by atoms with E-state index in [9.17, 15) is 0 Å². The Morgan fingerprint density at radius 2 is 2.20 bits per heavy atom. The van der Waals surface area contributed by atoms with Crippen LogP contribution < -0.4 is 9.47 Å². The summed E-state index contributed by atoms with van der Waals surface area (Å²) in [5, 5.41) is 2.97. The summed E-state index contributed by atoms with van der Waals surface area (Å²) in [4.78, 5) is 0. The fraction of sp³-hybridized carbons (Fsp3) is 0.333. The number of hydrogen-bond donors (Lipinski definition) is 0. The van der Waals surface area contributed by atoms with E-state index in [2.05, 4.69) is 21.3 Å². The SMILES string of the molecule is Brc1s[c]c2c1OCCO2. The molecule has 1 radical (unpaired) electrons. The second kappa shape index (κ2) is 2.43. The molecule has 2 nitrogen and oxygen atoms in total. The highest BCUT2D eigenvalue weighted by atomic mass is 79.9. The first kappa shape index (κ1) is 6.49. The van der Waals surface area contributed by atoms with Crippen LogP contribution in [0.5, 0.6) is 11.5 Å². The van der Waals surface area contributed by atoms with E-state index in [1.807, 2.05) is 0 Å². The van der Waals surface area contributed by atoms with Gasteiger partial charge < -0.3 is 9.47 Å². The molecule has 0 N–H and O–H groups in total. The van der Waals surface area contributed by atoms with Crippen LogP contribution in [0.1, 0.15) is 0 Å². The summed E-state index contributed by atoms with van der Waals surface area (Å²) < 4.78 is 11.5. The van der Waals surface area contributed by atoms with E-state index in [1.54, 1.807) is 0 Å². The number of thiophene rings is 1. The molecule has 0 fully saturated rings. The van der Waals surface area contributed by atoms with Crippen LogP contribution in [-0.4, -0.2) is 13.2 Å². The van der Waals surface area contributed by atoms with Crippen LogP contribution in [0, 0.1) is 5.38 Å². The zero-order valence-electron chi connectivity index (χ0n) is 5.02. The highest BCUT2D eigenvalue weighted by Gasteiger charge is 2.16. The van der Waals surface area contributed by atoms with Crippen molar-refractivity contribution in [2.45, 2.75) is 0 Å². The quantitative estimate of drug-likeness (QED) is 0.666. The Morgan fingerprint density at radius 3 is 3.00 bits per heavy atom. The standard InChI is InChI=1S/C6H4BrO2S/c7-6-5-4(3-10-6)8-1-2-9-5/h1-2H2. The van der Waals surface area contributed by atoms with E-state index in [-0.39, 0.29) is 0 Å². The van der Waals surface area contributed by atoms with Crippen LogP contribution >= 0.6 is 27.3 Å². The van der Waals surface area contributed by atoms with Crippen molar-refractivity contribution in [3.8, 4) is 11.5 Å². The largest absolute Gasteiger partial charge is 0.485 e. The van der Waals surface area contributed by atoms with Gasteiger partial charge in [0.05, 0.1) is 5.38 Å². The Balaban J connectivity index is 2.45. The van der Waals surface area contributed by atoms with Gasteiger partial charge in [0, 0.05) is 0 Å². The minimum atomic E-state index is 0.632. The van der Waals surface area contributed by atoms with Crippen molar-refractivity contribution in [3.05, 3.63) is 9.17 Å². The molecule has 0 unspecified atom stereocenters. The van der Waals surface area contributed by atoms with Gasteiger partial charge in [-0.25, -0.2) is 0 Å². The summed E-state index contributed by atoms with van der Waals surface area (Å²) in [6.45, 7) is 1.27. The van der Waals surface area contributed by atoms with Gasteiger partial charge in [0.25, 0.3) is 0 Å². The Labute approximate surface area is 70.9 Å². The first-order chi connectivity index (χ1) is 4.88. The molecule has 53 valence electrons. The summed E-state index contributed by atoms with van der Waals surface area (Å²) in [7, 11) is 0. The molecule has 0 bridgehead atoms. The van der Waals surface area contributed by atoms with Crippen LogP contribution in [0.25, 0.3) is 0 Å². The minimum absolute atomic E-state index is 0.632. The number of fused-ring (bicyclic) bond motifs is 1. The van der Waals surface area contributed by atoms with E-state index < -0.39 is 0 Å². The van der Waals surface area contributed by atoms with Gasteiger partial charge >= 0.3 is 0 Å². The lowest BCUT2D eigenvalue weighted by molar-refractivity contribution is 0.172. The van der Waals surface area contributed by atoms with Crippen molar-refractivity contribution in [1.82, 2.24) is 0 Å². The molecule has 0 atom stereocenters. The summed E-state index contributed by atoms with van der Waals surface area (Å²) >= 11 is 4.80. The van der Waals surface area contributed by atoms with Crippen LogP contribution in [0.2, 0.25) is 0 Å². The number of halogens is 1. The summed E-state index contributed by atoms with van der Waals surface area (Å²) in [5.41, 5.74) is 0.